The van der Waals surface area contributed by atoms with Gasteiger partial charge < -0.3 is 26.3 Å². The van der Waals surface area contributed by atoms with E-state index in [0.717, 1.165) is 28.6 Å². The molecule has 29 heavy (non-hydrogen) atoms. The van der Waals surface area contributed by atoms with Crippen molar-refractivity contribution in [2.75, 3.05) is 30.8 Å². The summed E-state index contributed by atoms with van der Waals surface area (Å²) in [6, 6.07) is 15.0. The van der Waals surface area contributed by atoms with E-state index in [4.69, 9.17) is 5.73 Å². The van der Waals surface area contributed by atoms with E-state index >= 15 is 0 Å². The monoisotopic (exact) mass is 393 g/mol. The van der Waals surface area contributed by atoms with Crippen molar-refractivity contribution in [2.24, 2.45) is 0 Å². The largest absolute Gasteiger partial charge is 0.399 e. The van der Waals surface area contributed by atoms with E-state index < -0.39 is 6.04 Å². The molecule has 0 saturated heterocycles. The molecule has 2 aromatic carbocycles. The predicted octanol–water partition coefficient (Wildman–Crippen LogP) is 2.05. The number of nitrogens with two attached hydrogens (primary N) is 1. The van der Waals surface area contributed by atoms with Crippen molar-refractivity contribution in [3.8, 4) is 0 Å². The van der Waals surface area contributed by atoms with Crippen molar-refractivity contribution in [1.82, 2.24) is 15.6 Å². The summed E-state index contributed by atoms with van der Waals surface area (Å²) in [4.78, 5) is 29.5. The topological polar surface area (TPSA) is 103 Å². The molecule has 1 atom stereocenters. The van der Waals surface area contributed by atoms with Gasteiger partial charge in [0.1, 0.15) is 6.04 Å². The molecule has 7 heteroatoms. The average molecular weight is 393 g/mol. The van der Waals surface area contributed by atoms with E-state index in [0.29, 0.717) is 12.2 Å². The lowest BCUT2D eigenvalue weighted by molar-refractivity contribution is -0.126. The number of carbonyl (C=O) groups is 2. The molecule has 152 valence electrons. The van der Waals surface area contributed by atoms with Gasteiger partial charge >= 0.3 is 0 Å². The second-order valence-electron chi connectivity index (χ2n) is 7.06. The number of hydrogen-bond acceptors (Lipinski definition) is 4. The van der Waals surface area contributed by atoms with Gasteiger partial charge in [-0.3, -0.25) is 9.59 Å². The molecule has 0 spiro atoms. The van der Waals surface area contributed by atoms with E-state index in [-0.39, 0.29) is 18.4 Å². The summed E-state index contributed by atoms with van der Waals surface area (Å²) in [5.41, 5.74) is 9.52. The van der Waals surface area contributed by atoms with Gasteiger partial charge in [0.15, 0.2) is 0 Å². The van der Waals surface area contributed by atoms with Crippen LogP contribution in [0, 0.1) is 0 Å². The highest BCUT2D eigenvalue weighted by Crippen LogP contribution is 2.18. The minimum atomic E-state index is -0.434. The molecule has 0 radical (unpaired) electrons. The molecule has 0 bridgehead atoms. The van der Waals surface area contributed by atoms with E-state index in [1.165, 1.54) is 0 Å². The Kier molecular flexibility index (Phi) is 6.39. The number of benzene rings is 2. The quantitative estimate of drug-likeness (QED) is 0.440. The molecule has 0 aliphatic rings. The normalized spacial score (nSPS) is 11.8. The number of likely N-dealkylation sites (N-methyl/N-ethyl adjacent to an activating group) is 1. The van der Waals surface area contributed by atoms with Gasteiger partial charge in [-0.15, -0.1) is 0 Å². The molecule has 0 aliphatic carbocycles. The Labute approximate surface area is 170 Å². The number of nitrogen functional groups attached to an aromatic ring is 1. The molecular formula is C22H27N5O2. The zero-order valence-electron chi connectivity index (χ0n) is 16.7. The van der Waals surface area contributed by atoms with E-state index in [1.807, 2.05) is 48.5 Å². The van der Waals surface area contributed by atoms with Gasteiger partial charge in [0, 0.05) is 42.1 Å². The van der Waals surface area contributed by atoms with Crippen LogP contribution in [0.3, 0.4) is 0 Å². The van der Waals surface area contributed by atoms with Crippen LogP contribution in [0.25, 0.3) is 10.9 Å². The average Bonchev–Trinajstić information content (AvgIpc) is 3.14. The zero-order chi connectivity index (χ0) is 20.8. The summed E-state index contributed by atoms with van der Waals surface area (Å²) in [6.45, 7) is 2.24. The van der Waals surface area contributed by atoms with Crippen LogP contribution in [-0.4, -0.2) is 43.0 Å². The van der Waals surface area contributed by atoms with Gasteiger partial charge in [0.2, 0.25) is 11.8 Å². The van der Waals surface area contributed by atoms with Crippen LogP contribution < -0.4 is 21.3 Å². The van der Waals surface area contributed by atoms with Crippen LogP contribution in [0.15, 0.2) is 54.7 Å². The number of aromatic nitrogens is 1. The van der Waals surface area contributed by atoms with Gasteiger partial charge in [-0.1, -0.05) is 24.3 Å². The molecule has 1 heterocycles. The highest BCUT2D eigenvalue weighted by molar-refractivity contribution is 5.89. The Morgan fingerprint density at radius 1 is 1.14 bits per heavy atom. The molecule has 7 nitrogen and oxygen atoms in total. The number of H-pyrrole nitrogens is 1. The third-order valence-electron chi connectivity index (χ3n) is 5.05. The Balaban J connectivity index is 1.43. The number of rotatable bonds is 8. The third kappa shape index (κ3) is 5.07. The highest BCUT2D eigenvalue weighted by Gasteiger charge is 2.19. The van der Waals surface area contributed by atoms with Crippen molar-refractivity contribution in [3.63, 3.8) is 0 Å². The molecule has 0 aliphatic heterocycles. The van der Waals surface area contributed by atoms with Crippen LogP contribution >= 0.6 is 0 Å². The molecule has 1 unspecified atom stereocenters. The number of amides is 2. The summed E-state index contributed by atoms with van der Waals surface area (Å²) < 4.78 is 0. The lowest BCUT2D eigenvalue weighted by Gasteiger charge is -2.26. The predicted molar refractivity (Wildman–Crippen MR) is 117 cm³/mol. The third-order valence-corrected chi connectivity index (χ3v) is 5.05. The number of para-hydroxylation sites is 1. The van der Waals surface area contributed by atoms with Gasteiger partial charge in [0.05, 0.1) is 6.54 Å². The number of hydrogen-bond donors (Lipinski definition) is 4. The molecule has 3 aromatic rings. The fraction of sp³-hybridized carbons (Fsp3) is 0.273. The molecule has 1 aromatic heterocycles. The lowest BCUT2D eigenvalue weighted by atomic mass is 10.1. The van der Waals surface area contributed by atoms with Crippen molar-refractivity contribution in [1.29, 1.82) is 0 Å². The fourth-order valence-electron chi connectivity index (χ4n) is 3.20. The van der Waals surface area contributed by atoms with Crippen LogP contribution in [0.1, 0.15) is 12.5 Å². The minimum Gasteiger partial charge on any atom is -0.399 e. The standard InChI is InChI=1S/C22H27N5O2/c1-15(27(2)18-7-5-6-17(23)12-18)22(29)26-14-21(28)24-11-10-16-13-25-20-9-4-3-8-19(16)20/h3-9,12-13,15,25H,10-11,14,23H2,1-2H3,(H,24,28)(H,26,29). The zero-order valence-corrected chi connectivity index (χ0v) is 16.7. The molecule has 3 rings (SSSR count). The van der Waals surface area contributed by atoms with E-state index in [9.17, 15) is 9.59 Å². The number of carbonyl (C=O) groups excluding carboxylic acids is 2. The molecule has 5 N–H and O–H groups in total. The van der Waals surface area contributed by atoms with Crippen molar-refractivity contribution >= 4 is 34.1 Å². The number of anilines is 2. The first kappa shape index (κ1) is 20.3. The Bertz CT molecular complexity index is 998. The van der Waals surface area contributed by atoms with Crippen LogP contribution in [-0.2, 0) is 16.0 Å². The van der Waals surface area contributed by atoms with Crippen LogP contribution in [0.5, 0.6) is 0 Å². The van der Waals surface area contributed by atoms with Gasteiger partial charge in [-0.2, -0.15) is 0 Å². The van der Waals surface area contributed by atoms with Crippen LogP contribution in [0.4, 0.5) is 11.4 Å². The number of nitrogens with one attached hydrogen (secondary N) is 3. The maximum absolute atomic E-state index is 12.4. The number of fused-ring (bicyclic) bond motifs is 1. The molecule has 2 amide bonds. The maximum Gasteiger partial charge on any atom is 0.242 e. The summed E-state index contributed by atoms with van der Waals surface area (Å²) in [7, 11) is 1.82. The van der Waals surface area contributed by atoms with E-state index in [2.05, 4.69) is 21.7 Å². The van der Waals surface area contributed by atoms with Crippen LogP contribution in [0.2, 0.25) is 0 Å². The van der Waals surface area contributed by atoms with Crippen molar-refractivity contribution in [2.45, 2.75) is 19.4 Å². The van der Waals surface area contributed by atoms with Gasteiger partial charge in [-0.05, 0) is 43.2 Å². The molecular weight excluding hydrogens is 366 g/mol. The van der Waals surface area contributed by atoms with Gasteiger partial charge in [-0.25, -0.2) is 0 Å². The molecule has 0 fully saturated rings. The first-order valence-electron chi connectivity index (χ1n) is 9.63. The smallest absolute Gasteiger partial charge is 0.242 e. The summed E-state index contributed by atoms with van der Waals surface area (Å²) in [5.74, 6) is -0.432. The number of aromatic amines is 1. The summed E-state index contributed by atoms with van der Waals surface area (Å²) in [5, 5.41) is 6.70. The Morgan fingerprint density at radius 2 is 1.93 bits per heavy atom. The lowest BCUT2D eigenvalue weighted by Crippen LogP contribution is -2.46. The Morgan fingerprint density at radius 3 is 2.72 bits per heavy atom. The molecule has 0 saturated carbocycles. The first-order valence-corrected chi connectivity index (χ1v) is 9.63. The Hall–Kier alpha value is -3.48. The second kappa shape index (κ2) is 9.14. The SMILES string of the molecule is CC(C(=O)NCC(=O)NCCc1c[nH]c2ccccc12)N(C)c1cccc(N)c1. The second-order valence-corrected chi connectivity index (χ2v) is 7.06. The minimum absolute atomic E-state index is 0.0537. The van der Waals surface area contributed by atoms with Crippen molar-refractivity contribution < 1.29 is 9.59 Å². The fourth-order valence-corrected chi connectivity index (χ4v) is 3.20. The first-order chi connectivity index (χ1) is 14.0. The highest BCUT2D eigenvalue weighted by atomic mass is 16.2. The van der Waals surface area contributed by atoms with Crippen molar-refractivity contribution in [3.05, 3.63) is 60.3 Å². The van der Waals surface area contributed by atoms with Gasteiger partial charge in [0.25, 0.3) is 0 Å². The summed E-state index contributed by atoms with van der Waals surface area (Å²) >= 11 is 0. The maximum atomic E-state index is 12.4. The van der Waals surface area contributed by atoms with E-state index in [1.54, 1.807) is 19.1 Å². The summed E-state index contributed by atoms with van der Waals surface area (Å²) in [6.07, 6.45) is 2.69. The number of nitrogens with zero attached hydrogens (tertiary/aromatic N) is 1.